The fraction of sp³-hybridized carbons (Fsp3) is 0.323. The molecule has 0 spiro atoms. The molecule has 258 valence electrons. The number of carbonyl (C=O) groups is 1. The number of aromatic nitrogens is 2. The number of aromatic amines is 1. The first-order valence-corrected chi connectivity index (χ1v) is 15.6. The lowest BCUT2D eigenvalue weighted by atomic mass is 9.80. The van der Waals surface area contributed by atoms with Crippen LogP contribution in [0.15, 0.2) is 48.5 Å². The Kier molecular flexibility index (Phi) is 10.7. The van der Waals surface area contributed by atoms with Crippen molar-refractivity contribution < 1.29 is 49.3 Å². The fourth-order valence-corrected chi connectivity index (χ4v) is 5.56. The third-order valence-electron chi connectivity index (χ3n) is 8.04. The van der Waals surface area contributed by atoms with Crippen LogP contribution in [0.3, 0.4) is 0 Å². The number of carbonyl (C=O) groups excluding carboxylic acids is 1. The Labute approximate surface area is 277 Å². The number of nitrogens with one attached hydrogen (secondary N) is 3. The number of rotatable bonds is 13. The number of amidine groups is 1. The molecule has 0 bridgehead atoms. The van der Waals surface area contributed by atoms with Gasteiger partial charge in [0.2, 0.25) is 5.91 Å². The number of hydrogen-bond donors (Lipinski definition) is 12. The van der Waals surface area contributed by atoms with Gasteiger partial charge in [-0.3, -0.25) is 19.5 Å². The van der Waals surface area contributed by atoms with Crippen molar-refractivity contribution in [1.82, 2.24) is 14.9 Å². The smallest absolute Gasteiger partial charge is 0.259 e. The van der Waals surface area contributed by atoms with Crippen LogP contribution in [-0.4, -0.2) is 116 Å². The number of imidazole rings is 1. The van der Waals surface area contributed by atoms with Crippen molar-refractivity contribution in [2.75, 3.05) is 24.9 Å². The molecule has 5 atom stereocenters. The number of fused-ring (bicyclic) bond motifs is 1. The number of nitrogens with zero attached hydrogens (tertiary/aromatic N) is 2. The average Bonchev–Trinajstić information content (AvgIpc) is 3.47. The summed E-state index contributed by atoms with van der Waals surface area (Å²) in [5.41, 5.74) is 6.16. The first kappa shape index (κ1) is 36.2. The van der Waals surface area contributed by atoms with Crippen molar-refractivity contribution in [1.29, 1.82) is 5.41 Å². The van der Waals surface area contributed by atoms with Gasteiger partial charge in [0, 0.05) is 36.0 Å². The standard InChI is InChI=1S/C31H38N6O10S/c1-31(2,30(45)37(3)12-23(40)26(43)27(44)24(41)13-38)15-9-18(17-11-16(36-48(46)47)5-7-22(17)39)25(42)19(10-15)29-34-20-6-4-14(28(32)33)8-21(20)35-29/h4-11,23-24,26-27,36,38-44H,12-13H2,1-3H3,(H3,32,33)(H,34,35)(H,46,47)/t23-,24+,26+,27+/m1/s1. The lowest BCUT2D eigenvalue weighted by molar-refractivity contribution is -0.142. The number of aromatic hydroxyl groups is 2. The Morgan fingerprint density at radius 3 is 2.29 bits per heavy atom. The second-order valence-corrected chi connectivity index (χ2v) is 12.5. The Hall–Kier alpha value is -4.62. The highest BCUT2D eigenvalue weighted by Gasteiger charge is 2.37. The van der Waals surface area contributed by atoms with E-state index < -0.39 is 60.2 Å². The van der Waals surface area contributed by atoms with Crippen molar-refractivity contribution in [2.45, 2.75) is 43.7 Å². The summed E-state index contributed by atoms with van der Waals surface area (Å²) in [7, 11) is 1.35. The lowest BCUT2D eigenvalue weighted by Crippen LogP contribution is -2.51. The molecule has 3 aromatic carbocycles. The van der Waals surface area contributed by atoms with Crippen molar-refractivity contribution in [3.05, 3.63) is 59.7 Å². The molecule has 0 aliphatic rings. The van der Waals surface area contributed by atoms with Gasteiger partial charge < -0.3 is 51.4 Å². The van der Waals surface area contributed by atoms with Crippen LogP contribution in [0.5, 0.6) is 11.5 Å². The molecule has 0 saturated carbocycles. The van der Waals surface area contributed by atoms with Gasteiger partial charge in [-0.1, -0.05) is 0 Å². The quantitative estimate of drug-likeness (QED) is 0.0392. The van der Waals surface area contributed by atoms with Crippen LogP contribution < -0.4 is 10.5 Å². The second kappa shape index (κ2) is 14.2. The summed E-state index contributed by atoms with van der Waals surface area (Å²) in [6, 6.07) is 11.7. The number of phenolic OH excluding ortho intramolecular Hbond substituents is 2. The summed E-state index contributed by atoms with van der Waals surface area (Å²) >= 11 is -2.45. The fourth-order valence-electron chi connectivity index (χ4n) is 5.23. The largest absolute Gasteiger partial charge is 0.507 e. The summed E-state index contributed by atoms with van der Waals surface area (Å²) in [4.78, 5) is 22.7. The van der Waals surface area contributed by atoms with Crippen molar-refractivity contribution >= 4 is 39.7 Å². The highest BCUT2D eigenvalue weighted by molar-refractivity contribution is 7.80. The SMILES string of the molecule is CN(C[C@@H](O)[C@H](O)[C@@H](O)[C@@H](O)CO)C(=O)C(C)(C)c1cc(-c2nc3cc(C(=N)N)ccc3[nH]2)c(O)c(-c2cc(NS(=O)O)ccc2O)c1. The van der Waals surface area contributed by atoms with Gasteiger partial charge in [0.25, 0.3) is 11.3 Å². The third kappa shape index (κ3) is 7.42. The van der Waals surface area contributed by atoms with Crippen LogP contribution >= 0.6 is 0 Å². The molecule has 4 aromatic rings. The Morgan fingerprint density at radius 2 is 1.67 bits per heavy atom. The first-order chi connectivity index (χ1) is 22.5. The van der Waals surface area contributed by atoms with E-state index in [2.05, 4.69) is 14.7 Å². The number of aliphatic hydroxyl groups is 5. The van der Waals surface area contributed by atoms with E-state index in [9.17, 15) is 44.2 Å². The maximum Gasteiger partial charge on any atom is 0.259 e. The van der Waals surface area contributed by atoms with Crippen LogP contribution in [0.2, 0.25) is 0 Å². The number of likely N-dealkylation sites (N-methyl/N-ethyl adjacent to an activating group) is 1. The van der Waals surface area contributed by atoms with E-state index >= 15 is 0 Å². The van der Waals surface area contributed by atoms with E-state index in [1.165, 1.54) is 37.4 Å². The van der Waals surface area contributed by atoms with E-state index in [1.807, 2.05) is 0 Å². The predicted molar refractivity (Wildman–Crippen MR) is 177 cm³/mol. The van der Waals surface area contributed by atoms with E-state index in [0.29, 0.717) is 22.2 Å². The zero-order valence-corrected chi connectivity index (χ0v) is 26.9. The maximum absolute atomic E-state index is 13.9. The molecule has 0 fully saturated rings. The second-order valence-electron chi connectivity index (χ2n) is 11.8. The van der Waals surface area contributed by atoms with Gasteiger partial charge in [0.1, 0.15) is 47.6 Å². The van der Waals surface area contributed by atoms with Gasteiger partial charge in [-0.15, -0.1) is 0 Å². The average molecular weight is 687 g/mol. The molecule has 0 aliphatic heterocycles. The number of phenols is 2. The van der Waals surface area contributed by atoms with Crippen molar-refractivity contribution in [2.24, 2.45) is 5.73 Å². The summed E-state index contributed by atoms with van der Waals surface area (Å²) in [6.45, 7) is 1.77. The molecule has 1 amide bonds. The molecule has 0 radical (unpaired) electrons. The number of nitrogen functional groups attached to an aromatic ring is 1. The van der Waals surface area contributed by atoms with Crippen LogP contribution in [0, 0.1) is 5.41 Å². The molecule has 1 heterocycles. The number of H-pyrrole nitrogens is 1. The molecule has 17 heteroatoms. The van der Waals surface area contributed by atoms with E-state index in [-0.39, 0.29) is 45.5 Å². The molecule has 0 saturated heterocycles. The number of hydrogen-bond acceptors (Lipinski definition) is 11. The van der Waals surface area contributed by atoms with Gasteiger partial charge >= 0.3 is 0 Å². The summed E-state index contributed by atoms with van der Waals surface area (Å²) < 4.78 is 23.1. The van der Waals surface area contributed by atoms with Crippen LogP contribution in [0.4, 0.5) is 5.69 Å². The number of nitrogens with two attached hydrogens (primary N) is 1. The van der Waals surface area contributed by atoms with Crippen LogP contribution in [0.1, 0.15) is 25.0 Å². The van der Waals surface area contributed by atoms with Crippen molar-refractivity contribution in [3.8, 4) is 34.0 Å². The molecule has 4 rings (SSSR count). The molecule has 0 aliphatic carbocycles. The molecular weight excluding hydrogens is 648 g/mol. The van der Waals surface area contributed by atoms with Gasteiger partial charge in [0.15, 0.2) is 0 Å². The van der Waals surface area contributed by atoms with Gasteiger partial charge in [-0.25, -0.2) is 9.19 Å². The number of aliphatic hydroxyl groups excluding tert-OH is 5. The topological polar surface area (TPSA) is 290 Å². The zero-order chi connectivity index (χ0) is 35.7. The number of anilines is 1. The molecular formula is C31H38N6O10S. The van der Waals surface area contributed by atoms with Crippen LogP contribution in [0.25, 0.3) is 33.5 Å². The number of benzene rings is 3. The number of amides is 1. The molecule has 1 unspecified atom stereocenters. The molecule has 13 N–H and O–H groups in total. The van der Waals surface area contributed by atoms with E-state index in [1.54, 1.807) is 32.0 Å². The molecule has 48 heavy (non-hydrogen) atoms. The predicted octanol–water partition coefficient (Wildman–Crippen LogP) is 0.313. The van der Waals surface area contributed by atoms with Gasteiger partial charge in [0.05, 0.1) is 28.6 Å². The van der Waals surface area contributed by atoms with Gasteiger partial charge in [-0.05, 0) is 67.9 Å². The highest BCUT2D eigenvalue weighted by Crippen LogP contribution is 2.45. The minimum absolute atomic E-state index is 0.0253. The first-order valence-electron chi connectivity index (χ1n) is 14.5. The Bertz CT molecular complexity index is 1870. The summed E-state index contributed by atoms with van der Waals surface area (Å²) in [5, 5.41) is 79.7. The molecule has 16 nitrogen and oxygen atoms in total. The van der Waals surface area contributed by atoms with E-state index in [0.717, 1.165) is 4.90 Å². The third-order valence-corrected chi connectivity index (χ3v) is 8.45. The summed E-state index contributed by atoms with van der Waals surface area (Å²) in [6.07, 6.45) is -7.22. The van der Waals surface area contributed by atoms with Crippen LogP contribution in [-0.2, 0) is 21.5 Å². The summed E-state index contributed by atoms with van der Waals surface area (Å²) in [5.74, 6) is -1.28. The molecule has 1 aromatic heterocycles. The Balaban J connectivity index is 1.84. The Morgan fingerprint density at radius 1 is 1.02 bits per heavy atom. The normalized spacial score (nSPS) is 15.0. The minimum atomic E-state index is -2.45. The monoisotopic (exact) mass is 686 g/mol. The van der Waals surface area contributed by atoms with E-state index in [4.69, 9.17) is 16.2 Å². The highest BCUT2D eigenvalue weighted by atomic mass is 32.2. The van der Waals surface area contributed by atoms with Gasteiger partial charge in [-0.2, -0.15) is 0 Å². The maximum atomic E-state index is 13.9. The minimum Gasteiger partial charge on any atom is -0.507 e. The van der Waals surface area contributed by atoms with Crippen molar-refractivity contribution in [3.63, 3.8) is 0 Å². The zero-order valence-electron chi connectivity index (χ0n) is 26.1. The lowest BCUT2D eigenvalue weighted by Gasteiger charge is -2.33.